The van der Waals surface area contributed by atoms with Crippen molar-refractivity contribution in [2.75, 3.05) is 20.1 Å². The van der Waals surface area contributed by atoms with E-state index < -0.39 is 200 Å². The topological polar surface area (TPSA) is 568 Å². The van der Waals surface area contributed by atoms with Gasteiger partial charge in [0.25, 0.3) is 0 Å². The normalized spacial score (nSPS) is 14.0. The van der Waals surface area contributed by atoms with E-state index >= 15 is 0 Å². The Balaban J connectivity index is 6.88. The maximum absolute atomic E-state index is 13.8. The summed E-state index contributed by atoms with van der Waals surface area (Å²) in [6.07, 6.45) is -8.34. The lowest BCUT2D eigenvalue weighted by atomic mass is 9.86. The molecule has 74 heavy (non-hydrogen) atoms. The van der Waals surface area contributed by atoms with Gasteiger partial charge in [-0.3, -0.25) is 77.9 Å². The van der Waals surface area contributed by atoms with E-state index in [1.165, 1.54) is 20.9 Å². The first kappa shape index (κ1) is 65.5. The lowest BCUT2D eigenvalue weighted by molar-refractivity contribution is -0.144. The minimum atomic E-state index is -2.29. The third kappa shape index (κ3) is 27.2. The Morgan fingerprint density at radius 1 is 0.405 bits per heavy atom. The molecule has 414 valence electrons. The second kappa shape index (κ2) is 33.2. The Labute approximate surface area is 420 Å². The fourth-order valence-electron chi connectivity index (χ4n) is 6.64. The quantitative estimate of drug-likeness (QED) is 0.0155. The smallest absolute Gasteiger partial charge is 0.305 e. The molecule has 0 radical (unpaired) electrons. The van der Waals surface area contributed by atoms with Gasteiger partial charge >= 0.3 is 35.8 Å². The summed E-state index contributed by atoms with van der Waals surface area (Å²) in [6.45, 7) is 2.65. The molecular formula is C41H65N13O20. The maximum atomic E-state index is 13.8. The monoisotopic (exact) mass is 1060 g/mol. The summed E-state index contributed by atoms with van der Waals surface area (Å²) in [5.41, 5.74) is 10.5. The van der Waals surface area contributed by atoms with Gasteiger partial charge < -0.3 is 90.0 Å². The number of hydrogen-bond donors (Lipinski definition) is 19. The van der Waals surface area contributed by atoms with Crippen LogP contribution in [-0.2, 0) is 67.1 Å². The van der Waals surface area contributed by atoms with Crippen molar-refractivity contribution < 1.29 is 97.8 Å². The number of nitrogens with two attached hydrogens (primary N) is 2. The zero-order chi connectivity index (χ0) is 57.0. The zero-order valence-corrected chi connectivity index (χ0v) is 40.4. The Morgan fingerprint density at radius 3 is 0.973 bits per heavy atom. The molecule has 0 aliphatic carbocycles. The summed E-state index contributed by atoms with van der Waals surface area (Å²) >= 11 is 0. The minimum absolute atomic E-state index is 0.0193. The van der Waals surface area contributed by atoms with E-state index in [9.17, 15) is 97.8 Å². The standard InChI is InChI=1S/C41H65N13O20/c1-17(2)33(68)18(11-27(56)57)10-26(55)21(12-28(58)59)51-34(69)19(6-4-8-47-40(42)43)50-37(72)23(14-30(62)63)53-39(74)25(16-32(66)67)54-38(73)24(15-31(64)65)52-35(70)20(7-5-9-48-41(44)45)49-36(71)22(46-3)13-29(60)61/h17-25,46H,4-16H2,1-3H3,(H,49,71)(H,50,72)(H,51,69)(H,52,70)(H,53,74)(H,54,73)(H,56,57)(H,58,59)(H,60,61)(H,62,63)(H,64,65)(H,66,67)(H4,42,43,47)(H4,44,45,48)/t18-,19?,20-,21-,22-,23-,24-,25-/m0/s1. The van der Waals surface area contributed by atoms with Crippen molar-refractivity contribution in [1.29, 1.82) is 10.8 Å². The zero-order valence-electron chi connectivity index (χ0n) is 40.4. The van der Waals surface area contributed by atoms with Crippen LogP contribution in [0.5, 0.6) is 0 Å². The lowest BCUT2D eigenvalue weighted by Gasteiger charge is -2.27. The first-order chi connectivity index (χ1) is 34.4. The molecule has 0 aromatic heterocycles. The van der Waals surface area contributed by atoms with Gasteiger partial charge in [0.1, 0.15) is 36.0 Å². The number of Topliss-reactive ketones (excluding diaryl/α,β-unsaturated/α-hetero) is 2. The van der Waals surface area contributed by atoms with Crippen LogP contribution in [0, 0.1) is 22.7 Å². The summed E-state index contributed by atoms with van der Waals surface area (Å²) in [5.74, 6) is -23.0. The average Bonchev–Trinajstić information content (AvgIpc) is 3.27. The van der Waals surface area contributed by atoms with E-state index in [1.54, 1.807) is 0 Å². The molecule has 0 saturated carbocycles. The van der Waals surface area contributed by atoms with Crippen LogP contribution in [0.25, 0.3) is 0 Å². The van der Waals surface area contributed by atoms with Gasteiger partial charge in [0.2, 0.25) is 35.4 Å². The molecule has 33 heteroatoms. The number of hydrogen-bond acceptors (Lipinski definition) is 17. The van der Waals surface area contributed by atoms with Crippen LogP contribution in [-0.4, -0.2) is 188 Å². The van der Waals surface area contributed by atoms with Crippen LogP contribution in [0.1, 0.15) is 84.5 Å². The van der Waals surface area contributed by atoms with Crippen molar-refractivity contribution in [2.45, 2.75) is 127 Å². The van der Waals surface area contributed by atoms with E-state index in [-0.39, 0.29) is 32.4 Å². The third-order valence-corrected chi connectivity index (χ3v) is 10.2. The van der Waals surface area contributed by atoms with E-state index in [0.717, 1.165) is 0 Å². The molecule has 0 aromatic carbocycles. The molecular weight excluding hydrogens is 995 g/mol. The van der Waals surface area contributed by atoms with Crippen molar-refractivity contribution in [1.82, 2.24) is 47.9 Å². The van der Waals surface area contributed by atoms with Crippen LogP contribution >= 0.6 is 0 Å². The Hall–Kier alpha value is -8.52. The van der Waals surface area contributed by atoms with Crippen molar-refractivity contribution in [3.63, 3.8) is 0 Å². The third-order valence-electron chi connectivity index (χ3n) is 10.2. The minimum Gasteiger partial charge on any atom is -0.481 e. The molecule has 0 fully saturated rings. The first-order valence-corrected chi connectivity index (χ1v) is 22.4. The number of carbonyl (C=O) groups excluding carboxylic acids is 8. The molecule has 1 unspecified atom stereocenters. The lowest BCUT2D eigenvalue weighted by Crippen LogP contribution is -2.60. The van der Waals surface area contributed by atoms with Gasteiger partial charge in [-0.25, -0.2) is 0 Å². The predicted molar refractivity (Wildman–Crippen MR) is 249 cm³/mol. The van der Waals surface area contributed by atoms with Crippen LogP contribution < -0.4 is 59.3 Å². The number of amides is 6. The maximum Gasteiger partial charge on any atom is 0.305 e. The molecule has 0 aliphatic heterocycles. The van der Waals surface area contributed by atoms with Crippen LogP contribution in [0.2, 0.25) is 0 Å². The number of likely N-dealkylation sites (N-methyl/N-ethyl adjacent to an activating group) is 1. The van der Waals surface area contributed by atoms with E-state index in [2.05, 4.69) is 37.2 Å². The van der Waals surface area contributed by atoms with Crippen LogP contribution in [0.15, 0.2) is 0 Å². The first-order valence-electron chi connectivity index (χ1n) is 22.4. The fraction of sp³-hybridized carbons (Fsp3) is 0.610. The fourth-order valence-corrected chi connectivity index (χ4v) is 6.64. The molecule has 8 atom stereocenters. The highest BCUT2D eigenvalue weighted by Crippen LogP contribution is 2.18. The van der Waals surface area contributed by atoms with Crippen molar-refractivity contribution in [3.8, 4) is 0 Å². The number of carboxylic acid groups (broad SMARTS) is 6. The highest BCUT2D eigenvalue weighted by Gasteiger charge is 2.37. The Bertz CT molecular complexity index is 2120. The van der Waals surface area contributed by atoms with Gasteiger partial charge in [-0.15, -0.1) is 0 Å². The van der Waals surface area contributed by atoms with Gasteiger partial charge in [-0.1, -0.05) is 13.8 Å². The average molecular weight is 1060 g/mol. The molecule has 0 spiro atoms. The Morgan fingerprint density at radius 2 is 0.676 bits per heavy atom. The van der Waals surface area contributed by atoms with Gasteiger partial charge in [-0.2, -0.15) is 0 Å². The highest BCUT2D eigenvalue weighted by molar-refractivity contribution is 6.01. The highest BCUT2D eigenvalue weighted by atomic mass is 16.4. The summed E-state index contributed by atoms with van der Waals surface area (Å²) < 4.78 is 0. The number of ketones is 2. The van der Waals surface area contributed by atoms with Crippen molar-refractivity contribution >= 4 is 94.7 Å². The largest absolute Gasteiger partial charge is 0.481 e. The number of rotatable bonds is 38. The molecule has 0 heterocycles. The SMILES string of the molecule is CN[C@@H](CC(=O)O)C(=O)N[C@@H](CCCNC(=N)N)C(=O)N[C@@H](CC(=O)O)C(=O)N[C@@H](CC(=O)O)C(=O)N[C@@H](CC(=O)O)C(=O)NC(CCCNC(=N)N)C(=O)N[C@@H](CC(=O)O)C(=O)C[C@@H](CC(=O)O)C(=O)C(C)C. The molecule has 0 saturated heterocycles. The molecule has 33 nitrogen and oxygen atoms in total. The van der Waals surface area contributed by atoms with Gasteiger partial charge in [-0.05, 0) is 32.7 Å². The van der Waals surface area contributed by atoms with Gasteiger partial charge in [0.05, 0.1) is 50.6 Å². The molecule has 21 N–H and O–H groups in total. The molecule has 0 bridgehead atoms. The van der Waals surface area contributed by atoms with E-state index in [0.29, 0.717) is 0 Å². The predicted octanol–water partition coefficient (Wildman–Crippen LogP) is -6.34. The van der Waals surface area contributed by atoms with Crippen molar-refractivity contribution in [3.05, 3.63) is 0 Å². The summed E-state index contributed by atoms with van der Waals surface area (Å²) in [5, 5.41) is 91.3. The second-order valence-electron chi connectivity index (χ2n) is 16.7. The Kier molecular flexibility index (Phi) is 29.4. The van der Waals surface area contributed by atoms with E-state index in [4.69, 9.17) is 22.3 Å². The van der Waals surface area contributed by atoms with Gasteiger partial charge in [0.15, 0.2) is 17.7 Å². The number of aliphatic carboxylic acids is 6. The number of carbonyl (C=O) groups is 14. The summed E-state index contributed by atoms with van der Waals surface area (Å²) in [7, 11) is 1.23. The van der Waals surface area contributed by atoms with Gasteiger partial charge in [0, 0.05) is 31.3 Å². The van der Waals surface area contributed by atoms with E-state index in [1.807, 2.05) is 10.6 Å². The second-order valence-corrected chi connectivity index (χ2v) is 16.7. The number of guanidine groups is 2. The summed E-state index contributed by atoms with van der Waals surface area (Å²) in [4.78, 5) is 178. The molecule has 0 rings (SSSR count). The molecule has 6 amide bonds. The summed E-state index contributed by atoms with van der Waals surface area (Å²) in [6, 6.07) is -13.5. The van der Waals surface area contributed by atoms with Crippen molar-refractivity contribution in [2.24, 2.45) is 23.3 Å². The molecule has 0 aliphatic rings. The number of nitrogens with one attached hydrogen (secondary N) is 11. The molecule has 0 aromatic rings. The number of carboxylic acids is 6. The van der Waals surface area contributed by atoms with Crippen LogP contribution in [0.3, 0.4) is 0 Å². The van der Waals surface area contributed by atoms with Crippen LogP contribution in [0.4, 0.5) is 0 Å².